The van der Waals surface area contributed by atoms with E-state index in [4.69, 9.17) is 4.74 Å². The molecule has 0 aromatic rings. The lowest BCUT2D eigenvalue weighted by Gasteiger charge is -2.37. The van der Waals surface area contributed by atoms with Crippen LogP contribution in [0.15, 0.2) is 12.2 Å². The zero-order chi connectivity index (χ0) is 10.6. The minimum absolute atomic E-state index is 0.488. The Bertz CT molecular complexity index is 185. The number of nitrogens with one attached hydrogen (secondary N) is 1. The molecule has 1 aliphatic carbocycles. The van der Waals surface area contributed by atoms with Crippen LogP contribution in [0.2, 0.25) is 0 Å². The van der Waals surface area contributed by atoms with E-state index < -0.39 is 0 Å². The van der Waals surface area contributed by atoms with Crippen LogP contribution in [0.5, 0.6) is 0 Å². The van der Waals surface area contributed by atoms with Gasteiger partial charge in [0.05, 0.1) is 6.10 Å². The summed E-state index contributed by atoms with van der Waals surface area (Å²) in [7, 11) is 2.01. The summed E-state index contributed by atoms with van der Waals surface area (Å²) in [5.41, 5.74) is 1.24. The highest BCUT2D eigenvalue weighted by molar-refractivity contribution is 5.02. The summed E-state index contributed by atoms with van der Waals surface area (Å²) >= 11 is 0. The van der Waals surface area contributed by atoms with Gasteiger partial charge in [-0.05, 0) is 46.1 Å². The van der Waals surface area contributed by atoms with Crippen LogP contribution in [0.1, 0.15) is 33.1 Å². The van der Waals surface area contributed by atoms with Gasteiger partial charge < -0.3 is 10.1 Å². The third-order valence-corrected chi connectivity index (χ3v) is 3.11. The van der Waals surface area contributed by atoms with Gasteiger partial charge in [-0.25, -0.2) is 0 Å². The zero-order valence-corrected chi connectivity index (χ0v) is 9.68. The van der Waals surface area contributed by atoms with E-state index in [1.54, 1.807) is 0 Å². The van der Waals surface area contributed by atoms with Crippen molar-refractivity contribution in [3.05, 3.63) is 12.2 Å². The van der Waals surface area contributed by atoms with Gasteiger partial charge in [0.25, 0.3) is 0 Å². The molecule has 1 fully saturated rings. The first-order valence-corrected chi connectivity index (χ1v) is 5.61. The lowest BCUT2D eigenvalue weighted by atomic mass is 9.77. The highest BCUT2D eigenvalue weighted by atomic mass is 16.5. The third-order valence-electron chi connectivity index (χ3n) is 3.11. The van der Waals surface area contributed by atoms with Crippen LogP contribution >= 0.6 is 0 Å². The second kappa shape index (κ2) is 5.52. The maximum absolute atomic E-state index is 5.54. The van der Waals surface area contributed by atoms with Crippen LogP contribution in [-0.4, -0.2) is 25.8 Å². The molecule has 14 heavy (non-hydrogen) atoms. The molecule has 0 saturated heterocycles. The second-order valence-electron chi connectivity index (χ2n) is 4.34. The molecule has 1 unspecified atom stereocenters. The van der Waals surface area contributed by atoms with Gasteiger partial charge in [-0.2, -0.15) is 0 Å². The summed E-state index contributed by atoms with van der Waals surface area (Å²) in [6.07, 6.45) is 4.22. The minimum atomic E-state index is 0.488. The van der Waals surface area contributed by atoms with Crippen molar-refractivity contribution in [1.29, 1.82) is 0 Å². The molecule has 2 heteroatoms. The van der Waals surface area contributed by atoms with Crippen molar-refractivity contribution in [2.45, 2.75) is 45.3 Å². The smallest absolute Gasteiger partial charge is 0.0580 e. The molecule has 0 aromatic heterocycles. The summed E-state index contributed by atoms with van der Waals surface area (Å²) < 4.78 is 5.54. The predicted molar refractivity (Wildman–Crippen MR) is 60.4 cm³/mol. The molecule has 0 heterocycles. The Balaban J connectivity index is 2.17. The molecule has 0 aromatic carbocycles. The lowest BCUT2D eigenvalue weighted by molar-refractivity contribution is -0.0280. The van der Waals surface area contributed by atoms with Crippen LogP contribution in [0, 0.1) is 5.92 Å². The Morgan fingerprint density at radius 1 is 1.57 bits per heavy atom. The van der Waals surface area contributed by atoms with E-state index in [0.717, 1.165) is 12.5 Å². The van der Waals surface area contributed by atoms with Crippen LogP contribution in [0.25, 0.3) is 0 Å². The van der Waals surface area contributed by atoms with E-state index in [2.05, 4.69) is 25.7 Å². The van der Waals surface area contributed by atoms with E-state index in [-0.39, 0.29) is 0 Å². The van der Waals surface area contributed by atoms with Crippen molar-refractivity contribution >= 4 is 0 Å². The first-order chi connectivity index (χ1) is 6.67. The molecule has 1 atom stereocenters. The molecule has 0 amide bonds. The standard InChI is InChI=1S/C12H23NO/c1-5-14-11-6-10(7-11)8-12(13-4)9(2)3/h10-13H,2,5-8H2,1,3-4H3. The van der Waals surface area contributed by atoms with Crippen LogP contribution in [0.4, 0.5) is 0 Å². The SMILES string of the molecule is C=C(C)C(CC1CC(OCC)C1)NC. The topological polar surface area (TPSA) is 21.3 Å². The Hall–Kier alpha value is -0.340. The van der Waals surface area contributed by atoms with Gasteiger partial charge in [-0.15, -0.1) is 0 Å². The fourth-order valence-electron chi connectivity index (χ4n) is 2.14. The average molecular weight is 197 g/mol. The number of likely N-dealkylation sites (N-methyl/N-ethyl adjacent to an activating group) is 1. The second-order valence-corrected chi connectivity index (χ2v) is 4.34. The van der Waals surface area contributed by atoms with E-state index in [1.165, 1.54) is 24.8 Å². The molecule has 1 aliphatic rings. The highest BCUT2D eigenvalue weighted by Gasteiger charge is 2.31. The minimum Gasteiger partial charge on any atom is -0.378 e. The van der Waals surface area contributed by atoms with Crippen molar-refractivity contribution in [3.63, 3.8) is 0 Å². The summed E-state index contributed by atoms with van der Waals surface area (Å²) in [6.45, 7) is 9.02. The zero-order valence-electron chi connectivity index (χ0n) is 9.68. The van der Waals surface area contributed by atoms with E-state index in [1.807, 2.05) is 7.05 Å². The van der Waals surface area contributed by atoms with Crippen LogP contribution in [0.3, 0.4) is 0 Å². The molecule has 1 rings (SSSR count). The Labute approximate surface area is 87.7 Å². The van der Waals surface area contributed by atoms with Crippen molar-refractivity contribution in [2.24, 2.45) is 5.92 Å². The van der Waals surface area contributed by atoms with Crippen molar-refractivity contribution in [1.82, 2.24) is 5.32 Å². The molecular weight excluding hydrogens is 174 g/mol. The highest BCUT2D eigenvalue weighted by Crippen LogP contribution is 2.34. The molecule has 0 bridgehead atoms. The summed E-state index contributed by atoms with van der Waals surface area (Å²) in [5, 5.41) is 3.31. The fraction of sp³-hybridized carbons (Fsp3) is 0.833. The molecule has 0 spiro atoms. The molecule has 0 aliphatic heterocycles. The quantitative estimate of drug-likeness (QED) is 0.660. The van der Waals surface area contributed by atoms with E-state index in [0.29, 0.717) is 12.1 Å². The number of ether oxygens (including phenoxy) is 1. The van der Waals surface area contributed by atoms with Gasteiger partial charge in [-0.1, -0.05) is 12.2 Å². The average Bonchev–Trinajstić information content (AvgIpc) is 2.08. The van der Waals surface area contributed by atoms with Gasteiger partial charge in [0.2, 0.25) is 0 Å². The molecular formula is C12H23NO. The number of hydrogen-bond donors (Lipinski definition) is 1. The summed E-state index contributed by atoms with van der Waals surface area (Å²) in [6, 6.07) is 0.488. The monoisotopic (exact) mass is 197 g/mol. The molecule has 0 radical (unpaired) electrons. The Morgan fingerprint density at radius 3 is 2.64 bits per heavy atom. The van der Waals surface area contributed by atoms with Gasteiger partial charge in [0.15, 0.2) is 0 Å². The molecule has 2 nitrogen and oxygen atoms in total. The molecule has 82 valence electrons. The van der Waals surface area contributed by atoms with Crippen molar-refractivity contribution in [3.8, 4) is 0 Å². The van der Waals surface area contributed by atoms with Gasteiger partial charge in [-0.3, -0.25) is 0 Å². The first-order valence-electron chi connectivity index (χ1n) is 5.61. The van der Waals surface area contributed by atoms with E-state index >= 15 is 0 Å². The fourth-order valence-corrected chi connectivity index (χ4v) is 2.14. The summed E-state index contributed by atoms with van der Waals surface area (Å²) in [5.74, 6) is 0.834. The predicted octanol–water partition coefficient (Wildman–Crippen LogP) is 2.36. The normalized spacial score (nSPS) is 28.2. The number of hydrogen-bond acceptors (Lipinski definition) is 2. The first kappa shape index (κ1) is 11.7. The van der Waals surface area contributed by atoms with Crippen molar-refractivity contribution in [2.75, 3.05) is 13.7 Å². The van der Waals surface area contributed by atoms with Crippen LogP contribution in [-0.2, 0) is 4.74 Å². The van der Waals surface area contributed by atoms with Crippen molar-refractivity contribution < 1.29 is 4.74 Å². The van der Waals surface area contributed by atoms with Gasteiger partial charge in [0, 0.05) is 12.6 Å². The number of rotatable bonds is 6. The molecule has 1 saturated carbocycles. The van der Waals surface area contributed by atoms with E-state index in [9.17, 15) is 0 Å². The maximum atomic E-state index is 5.54. The lowest BCUT2D eigenvalue weighted by Crippen LogP contribution is -2.37. The largest absolute Gasteiger partial charge is 0.378 e. The summed E-state index contributed by atoms with van der Waals surface area (Å²) in [4.78, 5) is 0. The maximum Gasteiger partial charge on any atom is 0.0580 e. The molecule has 1 N–H and O–H groups in total. The van der Waals surface area contributed by atoms with Gasteiger partial charge in [0.1, 0.15) is 0 Å². The van der Waals surface area contributed by atoms with Gasteiger partial charge >= 0.3 is 0 Å². The Kier molecular flexibility index (Phi) is 4.63. The van der Waals surface area contributed by atoms with Crippen LogP contribution < -0.4 is 5.32 Å². The Morgan fingerprint density at radius 2 is 2.21 bits per heavy atom. The third kappa shape index (κ3) is 3.10.